The van der Waals surface area contributed by atoms with Crippen LogP contribution in [-0.2, 0) is 15.9 Å². The van der Waals surface area contributed by atoms with Gasteiger partial charge in [-0.2, -0.15) is 13.2 Å². The molecule has 0 bridgehead atoms. The molecule has 0 spiro atoms. The van der Waals surface area contributed by atoms with Gasteiger partial charge in [0.15, 0.2) is 5.69 Å². The fraction of sp³-hybridized carbons (Fsp3) is 0.227. The molecule has 2 N–H and O–H groups in total. The van der Waals surface area contributed by atoms with Crippen LogP contribution in [0.15, 0.2) is 47.4 Å². The zero-order valence-electron chi connectivity index (χ0n) is 18.6. The average Bonchev–Trinajstić information content (AvgIpc) is 2.72. The molecule has 2 aromatic carbocycles. The number of anilines is 1. The maximum Gasteiger partial charge on any atom is 0.435 e. The lowest BCUT2D eigenvalue weighted by molar-refractivity contribution is -0.142. The normalized spacial score (nSPS) is 13.1. The largest absolute Gasteiger partial charge is 0.497 e. The minimum absolute atomic E-state index is 0.136. The number of carbonyl (C=O) groups excluding carboxylic acids is 1. The number of alkyl halides is 3. The molecule has 0 saturated carbocycles. The van der Waals surface area contributed by atoms with Gasteiger partial charge < -0.3 is 14.8 Å². The first-order valence-electron chi connectivity index (χ1n) is 9.73. The third kappa shape index (κ3) is 5.63. The third-order valence-electron chi connectivity index (χ3n) is 4.70. The molecule has 0 aliphatic rings. The summed E-state index contributed by atoms with van der Waals surface area (Å²) in [5.74, 6) is -0.766. The lowest BCUT2D eigenvalue weighted by Gasteiger charge is -2.16. The quantitative estimate of drug-likeness (QED) is 0.487. The van der Waals surface area contributed by atoms with Gasteiger partial charge in [-0.15, -0.1) is 10.2 Å². The Hall–Kier alpha value is -3.67. The summed E-state index contributed by atoms with van der Waals surface area (Å²) in [6, 6.07) is 10.5. The standard InChI is InChI=1S/C22H21F3N4O4S/c1-12-8-15(32-3)11-16(9-12)33-21-18(13(2)19(28-29-21)22(23,24)25)20(30)27-14-6-5-7-17(10-14)34(4,26)31/h5-11,26H,1-4H3,(H,27,30). The Balaban J connectivity index is 2.08. The van der Waals surface area contributed by atoms with Crippen molar-refractivity contribution in [3.63, 3.8) is 0 Å². The van der Waals surface area contributed by atoms with E-state index in [2.05, 4.69) is 15.5 Å². The number of methoxy groups -OCH3 is 1. The van der Waals surface area contributed by atoms with Crippen LogP contribution in [0.25, 0.3) is 0 Å². The molecule has 0 radical (unpaired) electrons. The molecule has 1 atom stereocenters. The Kier molecular flexibility index (Phi) is 6.82. The molecule has 1 aromatic heterocycles. The van der Waals surface area contributed by atoms with E-state index in [0.717, 1.165) is 12.5 Å². The van der Waals surface area contributed by atoms with Crippen LogP contribution in [0, 0.1) is 18.6 Å². The van der Waals surface area contributed by atoms with Crippen molar-refractivity contribution in [2.24, 2.45) is 0 Å². The highest BCUT2D eigenvalue weighted by Crippen LogP contribution is 2.35. The number of aryl methyl sites for hydroxylation is 1. The van der Waals surface area contributed by atoms with Crippen molar-refractivity contribution >= 4 is 21.3 Å². The van der Waals surface area contributed by atoms with Gasteiger partial charge in [0.25, 0.3) is 11.8 Å². The Morgan fingerprint density at radius 1 is 1.09 bits per heavy atom. The van der Waals surface area contributed by atoms with Crippen LogP contribution in [0.3, 0.4) is 0 Å². The van der Waals surface area contributed by atoms with E-state index in [1.807, 2.05) is 0 Å². The highest BCUT2D eigenvalue weighted by Gasteiger charge is 2.38. The first-order valence-corrected chi connectivity index (χ1v) is 11.7. The average molecular weight is 494 g/mol. The van der Waals surface area contributed by atoms with Crippen molar-refractivity contribution in [2.45, 2.75) is 24.9 Å². The van der Waals surface area contributed by atoms with Crippen LogP contribution >= 0.6 is 0 Å². The minimum atomic E-state index is -4.85. The van der Waals surface area contributed by atoms with Crippen molar-refractivity contribution in [1.29, 1.82) is 4.78 Å². The molecule has 1 heterocycles. The summed E-state index contributed by atoms with van der Waals surface area (Å²) in [4.78, 5) is 13.3. The Bertz CT molecular complexity index is 1360. The first kappa shape index (κ1) is 25.0. The molecular formula is C22H21F3N4O4S. The molecule has 1 unspecified atom stereocenters. The molecule has 180 valence electrons. The van der Waals surface area contributed by atoms with Crippen LogP contribution in [0.4, 0.5) is 18.9 Å². The van der Waals surface area contributed by atoms with Gasteiger partial charge in [-0.3, -0.25) is 4.79 Å². The third-order valence-corrected chi connectivity index (χ3v) is 5.85. The lowest BCUT2D eigenvalue weighted by atomic mass is 10.1. The van der Waals surface area contributed by atoms with Gasteiger partial charge in [-0.05, 0) is 55.3 Å². The second kappa shape index (κ2) is 9.29. The van der Waals surface area contributed by atoms with E-state index in [1.54, 1.807) is 19.1 Å². The van der Waals surface area contributed by atoms with Crippen molar-refractivity contribution in [1.82, 2.24) is 10.2 Å². The number of aromatic nitrogens is 2. The summed E-state index contributed by atoms with van der Waals surface area (Å²) < 4.78 is 71.0. The highest BCUT2D eigenvalue weighted by molar-refractivity contribution is 7.91. The van der Waals surface area contributed by atoms with Crippen molar-refractivity contribution in [3.8, 4) is 17.4 Å². The van der Waals surface area contributed by atoms with E-state index in [9.17, 15) is 22.2 Å². The monoisotopic (exact) mass is 494 g/mol. The fourth-order valence-electron chi connectivity index (χ4n) is 3.12. The van der Waals surface area contributed by atoms with Crippen molar-refractivity contribution in [2.75, 3.05) is 18.7 Å². The van der Waals surface area contributed by atoms with Gasteiger partial charge in [0.1, 0.15) is 17.1 Å². The molecule has 0 saturated heterocycles. The van der Waals surface area contributed by atoms with E-state index in [-0.39, 0.29) is 16.3 Å². The van der Waals surface area contributed by atoms with Gasteiger partial charge in [0.2, 0.25) is 0 Å². The summed E-state index contributed by atoms with van der Waals surface area (Å²) in [6.45, 7) is 2.85. The number of hydrogen-bond donors (Lipinski definition) is 2. The van der Waals surface area contributed by atoms with Crippen LogP contribution in [-0.4, -0.2) is 33.7 Å². The molecule has 8 nitrogen and oxygen atoms in total. The summed E-state index contributed by atoms with van der Waals surface area (Å²) in [5.41, 5.74) is -1.41. The number of rotatable bonds is 6. The van der Waals surface area contributed by atoms with Crippen molar-refractivity contribution < 1.29 is 31.6 Å². The van der Waals surface area contributed by atoms with Crippen LogP contribution in [0.2, 0.25) is 0 Å². The SMILES string of the molecule is COc1cc(C)cc(Oc2nnc(C(F)(F)F)c(C)c2C(=O)Nc2cccc(S(C)(=N)=O)c2)c1. The zero-order valence-corrected chi connectivity index (χ0v) is 19.4. The summed E-state index contributed by atoms with van der Waals surface area (Å²) in [7, 11) is -1.64. The smallest absolute Gasteiger partial charge is 0.435 e. The predicted octanol–water partition coefficient (Wildman–Crippen LogP) is 5.20. The molecular weight excluding hydrogens is 473 g/mol. The second-order valence-corrected chi connectivity index (χ2v) is 9.62. The number of hydrogen-bond acceptors (Lipinski definition) is 7. The second-order valence-electron chi connectivity index (χ2n) is 7.47. The molecule has 0 aliphatic carbocycles. The van der Waals surface area contributed by atoms with E-state index in [0.29, 0.717) is 5.75 Å². The summed E-state index contributed by atoms with van der Waals surface area (Å²) in [5, 5.41) is 9.23. The number of nitrogens with zero attached hydrogens (tertiary/aromatic N) is 2. The Morgan fingerprint density at radius 2 is 1.76 bits per heavy atom. The Morgan fingerprint density at radius 3 is 2.38 bits per heavy atom. The van der Waals surface area contributed by atoms with Gasteiger partial charge in [-0.1, -0.05) is 6.07 Å². The molecule has 12 heteroatoms. The lowest BCUT2D eigenvalue weighted by Crippen LogP contribution is -2.21. The van der Waals surface area contributed by atoms with Crippen LogP contribution in [0.1, 0.15) is 27.2 Å². The fourth-order valence-corrected chi connectivity index (χ4v) is 3.81. The van der Waals surface area contributed by atoms with Crippen LogP contribution < -0.4 is 14.8 Å². The number of benzene rings is 2. The molecule has 0 aliphatic heterocycles. The number of halogens is 3. The van der Waals surface area contributed by atoms with E-state index >= 15 is 0 Å². The number of amides is 1. The van der Waals surface area contributed by atoms with Gasteiger partial charge in [0.05, 0.1) is 16.8 Å². The van der Waals surface area contributed by atoms with Gasteiger partial charge >= 0.3 is 6.18 Å². The minimum Gasteiger partial charge on any atom is -0.497 e. The van der Waals surface area contributed by atoms with Crippen LogP contribution in [0.5, 0.6) is 17.4 Å². The Labute approximate surface area is 194 Å². The summed E-state index contributed by atoms with van der Waals surface area (Å²) >= 11 is 0. The van der Waals surface area contributed by atoms with E-state index < -0.39 is 44.5 Å². The molecule has 3 rings (SSSR count). The maximum atomic E-state index is 13.5. The zero-order chi connectivity index (χ0) is 25.3. The molecule has 0 fully saturated rings. The number of nitrogens with one attached hydrogen (secondary N) is 2. The predicted molar refractivity (Wildman–Crippen MR) is 119 cm³/mol. The topological polar surface area (TPSA) is 114 Å². The van der Waals surface area contributed by atoms with Crippen molar-refractivity contribution in [3.05, 3.63) is 64.8 Å². The molecule has 3 aromatic rings. The number of ether oxygens (including phenoxy) is 2. The van der Waals surface area contributed by atoms with E-state index in [1.165, 1.54) is 43.7 Å². The summed E-state index contributed by atoms with van der Waals surface area (Å²) in [6.07, 6.45) is -3.64. The van der Waals surface area contributed by atoms with E-state index in [4.69, 9.17) is 14.3 Å². The first-order chi connectivity index (χ1) is 15.8. The van der Waals surface area contributed by atoms with Gasteiger partial charge in [0, 0.05) is 22.9 Å². The molecule has 34 heavy (non-hydrogen) atoms. The highest BCUT2D eigenvalue weighted by atomic mass is 32.2. The maximum absolute atomic E-state index is 13.5. The molecule has 1 amide bonds. The number of carbonyl (C=O) groups is 1. The van der Waals surface area contributed by atoms with Gasteiger partial charge in [-0.25, -0.2) is 8.99 Å².